The Morgan fingerprint density at radius 2 is 1.28 bits per heavy atom. The Kier molecular flexibility index (Phi) is 6.05. The van der Waals surface area contributed by atoms with Crippen LogP contribution < -0.4 is 10.4 Å². The molecule has 4 rings (SSSR count). The van der Waals surface area contributed by atoms with E-state index in [0.29, 0.717) is 6.61 Å². The van der Waals surface area contributed by atoms with Crippen LogP contribution in [0.5, 0.6) is 0 Å². The van der Waals surface area contributed by atoms with Crippen LogP contribution in [-0.2, 0) is 15.3 Å². The molecule has 1 saturated heterocycles. The van der Waals surface area contributed by atoms with Crippen molar-refractivity contribution >= 4 is 18.7 Å². The van der Waals surface area contributed by atoms with Gasteiger partial charge in [0.05, 0.1) is 12.2 Å². The van der Waals surface area contributed by atoms with Crippen molar-refractivity contribution in [2.45, 2.75) is 44.2 Å². The maximum absolute atomic E-state index is 12.9. The normalized spacial score (nSPS) is 19.1. The zero-order valence-electron chi connectivity index (χ0n) is 18.4. The van der Waals surface area contributed by atoms with Crippen molar-refractivity contribution in [1.29, 1.82) is 0 Å². The van der Waals surface area contributed by atoms with Crippen molar-refractivity contribution < 1.29 is 22.3 Å². The summed E-state index contributed by atoms with van der Waals surface area (Å²) >= 11 is 0. The first kappa shape index (κ1) is 22.8. The van der Waals surface area contributed by atoms with E-state index in [2.05, 4.69) is 45.0 Å². The highest BCUT2D eigenvalue weighted by Gasteiger charge is 2.52. The predicted octanol–water partition coefficient (Wildman–Crippen LogP) is 5.72. The van der Waals surface area contributed by atoms with Gasteiger partial charge in [0, 0.05) is 0 Å². The second-order valence-corrected chi connectivity index (χ2v) is 13.5. The SMILES string of the molecule is CC(C)(C)[Si](OC[C@H]1O[C@@H]1c1ccc(C(F)(F)F)cc1)(c1ccccc1)c1ccccc1. The van der Waals surface area contributed by atoms with E-state index >= 15 is 0 Å². The summed E-state index contributed by atoms with van der Waals surface area (Å²) in [6, 6.07) is 25.9. The van der Waals surface area contributed by atoms with Gasteiger partial charge in [-0.25, -0.2) is 0 Å². The molecule has 0 radical (unpaired) electrons. The molecule has 32 heavy (non-hydrogen) atoms. The van der Waals surface area contributed by atoms with Crippen LogP contribution in [0.25, 0.3) is 0 Å². The molecule has 1 aliphatic heterocycles. The third kappa shape index (κ3) is 4.40. The minimum Gasteiger partial charge on any atom is -0.405 e. The first-order valence-electron chi connectivity index (χ1n) is 10.7. The Hall–Kier alpha value is -2.41. The lowest BCUT2D eigenvalue weighted by Gasteiger charge is -2.43. The summed E-state index contributed by atoms with van der Waals surface area (Å²) in [5.41, 5.74) is 0.0936. The number of halogens is 3. The second-order valence-electron chi connectivity index (χ2n) is 9.19. The summed E-state index contributed by atoms with van der Waals surface area (Å²) in [5, 5.41) is 2.23. The van der Waals surface area contributed by atoms with Crippen LogP contribution in [0, 0.1) is 0 Å². The topological polar surface area (TPSA) is 21.8 Å². The highest BCUT2D eigenvalue weighted by atomic mass is 28.4. The Bertz CT molecular complexity index is 989. The molecule has 0 N–H and O–H groups in total. The molecule has 0 aliphatic carbocycles. The van der Waals surface area contributed by atoms with Crippen molar-refractivity contribution in [1.82, 2.24) is 0 Å². The quantitative estimate of drug-likeness (QED) is 0.349. The van der Waals surface area contributed by atoms with Gasteiger partial charge >= 0.3 is 6.18 Å². The average molecular weight is 457 g/mol. The van der Waals surface area contributed by atoms with E-state index in [-0.39, 0.29) is 17.2 Å². The molecular weight excluding hydrogens is 429 g/mol. The van der Waals surface area contributed by atoms with Gasteiger partial charge < -0.3 is 9.16 Å². The number of hydrogen-bond acceptors (Lipinski definition) is 2. The van der Waals surface area contributed by atoms with E-state index in [4.69, 9.17) is 9.16 Å². The van der Waals surface area contributed by atoms with Gasteiger partial charge in [-0.1, -0.05) is 93.6 Å². The molecule has 0 spiro atoms. The van der Waals surface area contributed by atoms with Crippen LogP contribution in [0.4, 0.5) is 13.2 Å². The standard InChI is InChI=1S/C26H27F3O2Si/c1-25(2,3)32(21-10-6-4-7-11-21,22-12-8-5-9-13-22)30-18-23-24(31-23)19-14-16-20(17-15-19)26(27,28)29/h4-17,23-24H,18H2,1-3H3/t23-,24-/m1/s1. The Morgan fingerprint density at radius 3 is 1.72 bits per heavy atom. The van der Waals surface area contributed by atoms with E-state index < -0.39 is 20.1 Å². The lowest BCUT2D eigenvalue weighted by Crippen LogP contribution is -2.66. The molecule has 2 nitrogen and oxygen atoms in total. The average Bonchev–Trinajstić information content (AvgIpc) is 3.54. The number of alkyl halides is 3. The lowest BCUT2D eigenvalue weighted by molar-refractivity contribution is -0.137. The van der Waals surface area contributed by atoms with Crippen molar-refractivity contribution in [3.63, 3.8) is 0 Å². The van der Waals surface area contributed by atoms with Crippen LogP contribution in [0.2, 0.25) is 5.04 Å². The minimum atomic E-state index is -4.34. The fraction of sp³-hybridized carbons (Fsp3) is 0.308. The summed E-state index contributed by atoms with van der Waals surface area (Å²) in [4.78, 5) is 0. The minimum absolute atomic E-state index is 0.144. The van der Waals surface area contributed by atoms with Crippen LogP contribution in [-0.4, -0.2) is 21.0 Å². The fourth-order valence-electron chi connectivity index (χ4n) is 4.39. The molecule has 6 heteroatoms. The maximum atomic E-state index is 12.9. The monoisotopic (exact) mass is 456 g/mol. The van der Waals surface area contributed by atoms with Gasteiger partial charge in [0.1, 0.15) is 12.2 Å². The fourth-order valence-corrected chi connectivity index (χ4v) is 8.96. The number of hydrogen-bond donors (Lipinski definition) is 0. The Balaban J connectivity index is 1.58. The number of epoxide rings is 1. The first-order chi connectivity index (χ1) is 15.1. The summed E-state index contributed by atoms with van der Waals surface area (Å²) in [7, 11) is -2.67. The van der Waals surface area contributed by atoms with Gasteiger partial charge in [0.15, 0.2) is 0 Å². The van der Waals surface area contributed by atoms with Crippen molar-refractivity contribution in [2.75, 3.05) is 6.61 Å². The number of ether oxygens (including phenoxy) is 1. The molecule has 1 aliphatic rings. The Labute approximate surface area is 188 Å². The molecule has 0 aromatic heterocycles. The van der Waals surface area contributed by atoms with Crippen molar-refractivity contribution in [2.24, 2.45) is 0 Å². The lowest BCUT2D eigenvalue weighted by atomic mass is 10.1. The molecular formula is C26H27F3O2Si. The zero-order chi connectivity index (χ0) is 23.0. The summed E-state index contributed by atoms with van der Waals surface area (Å²) in [5.74, 6) is 0. The predicted molar refractivity (Wildman–Crippen MR) is 123 cm³/mol. The maximum Gasteiger partial charge on any atom is 0.416 e. The van der Waals surface area contributed by atoms with Crippen molar-refractivity contribution in [3.8, 4) is 0 Å². The van der Waals surface area contributed by atoms with E-state index in [9.17, 15) is 13.2 Å². The Morgan fingerprint density at radius 1 is 0.781 bits per heavy atom. The van der Waals surface area contributed by atoms with E-state index in [1.807, 2.05) is 36.4 Å². The smallest absolute Gasteiger partial charge is 0.405 e. The molecule has 0 saturated carbocycles. The largest absolute Gasteiger partial charge is 0.416 e. The highest BCUT2D eigenvalue weighted by molar-refractivity contribution is 6.99. The van der Waals surface area contributed by atoms with Crippen LogP contribution in [0.1, 0.15) is 38.0 Å². The third-order valence-electron chi connectivity index (χ3n) is 6.03. The van der Waals surface area contributed by atoms with E-state index in [0.717, 1.165) is 17.7 Å². The van der Waals surface area contributed by atoms with Crippen LogP contribution >= 0.6 is 0 Å². The molecule has 3 aromatic carbocycles. The highest BCUT2D eigenvalue weighted by Crippen LogP contribution is 2.42. The molecule has 1 heterocycles. The third-order valence-corrected chi connectivity index (χ3v) is 11.0. The number of benzene rings is 3. The van der Waals surface area contributed by atoms with Crippen LogP contribution in [0.3, 0.4) is 0 Å². The molecule has 3 aromatic rings. The van der Waals surface area contributed by atoms with Gasteiger partial charge in [-0.3, -0.25) is 0 Å². The molecule has 168 valence electrons. The molecule has 1 fully saturated rings. The van der Waals surface area contributed by atoms with E-state index in [1.54, 1.807) is 0 Å². The van der Waals surface area contributed by atoms with Gasteiger partial charge in [0.2, 0.25) is 0 Å². The second kappa shape index (κ2) is 8.50. The summed E-state index contributed by atoms with van der Waals surface area (Å²) in [6.07, 6.45) is -4.75. The van der Waals surface area contributed by atoms with Gasteiger partial charge in [-0.05, 0) is 33.1 Å². The van der Waals surface area contributed by atoms with Gasteiger partial charge in [-0.2, -0.15) is 13.2 Å². The summed E-state index contributed by atoms with van der Waals surface area (Å²) < 4.78 is 51.2. The van der Waals surface area contributed by atoms with Gasteiger partial charge in [-0.15, -0.1) is 0 Å². The van der Waals surface area contributed by atoms with E-state index in [1.165, 1.54) is 22.5 Å². The molecule has 0 unspecified atom stereocenters. The zero-order valence-corrected chi connectivity index (χ0v) is 19.4. The van der Waals surface area contributed by atoms with Crippen molar-refractivity contribution in [3.05, 3.63) is 96.1 Å². The van der Waals surface area contributed by atoms with Gasteiger partial charge in [0.25, 0.3) is 8.32 Å². The molecule has 2 atom stereocenters. The summed E-state index contributed by atoms with van der Waals surface area (Å²) in [6.45, 7) is 7.01. The van der Waals surface area contributed by atoms with Crippen LogP contribution in [0.15, 0.2) is 84.9 Å². The molecule has 0 bridgehead atoms. The molecule has 0 amide bonds. The number of rotatable bonds is 6. The first-order valence-corrected chi connectivity index (χ1v) is 12.6.